The van der Waals surface area contributed by atoms with Crippen LogP contribution in [0.15, 0.2) is 30.6 Å². The highest BCUT2D eigenvalue weighted by Crippen LogP contribution is 2.28. The van der Waals surface area contributed by atoms with Gasteiger partial charge in [-0.25, -0.2) is 19.3 Å². The average molecular weight is 375 g/mol. The number of carbonyl (C=O) groups excluding carboxylic acids is 2. The van der Waals surface area contributed by atoms with E-state index in [-0.39, 0.29) is 6.10 Å². The highest BCUT2D eigenvalue weighted by molar-refractivity contribution is 5.90. The van der Waals surface area contributed by atoms with Gasteiger partial charge >= 0.3 is 6.09 Å². The minimum absolute atomic E-state index is 0.303. The van der Waals surface area contributed by atoms with Crippen molar-refractivity contribution in [3.63, 3.8) is 0 Å². The third kappa shape index (κ3) is 3.53. The lowest BCUT2D eigenvalue weighted by Crippen LogP contribution is -2.53. The van der Waals surface area contributed by atoms with Crippen molar-refractivity contribution >= 4 is 23.9 Å². The third-order valence-corrected chi connectivity index (χ3v) is 4.52. The van der Waals surface area contributed by atoms with Crippen LogP contribution in [-0.4, -0.2) is 64.9 Å². The number of rotatable bonds is 5. The summed E-state index contributed by atoms with van der Waals surface area (Å²) >= 11 is 0. The maximum Gasteiger partial charge on any atom is 0.414 e. The zero-order valence-electron chi connectivity index (χ0n) is 14.4. The number of carbonyl (C=O) groups is 2. The summed E-state index contributed by atoms with van der Waals surface area (Å²) in [5, 5.41) is 8.98. The Morgan fingerprint density at radius 2 is 2.26 bits per heavy atom. The Balaban J connectivity index is 1.44. The van der Waals surface area contributed by atoms with E-state index in [1.165, 1.54) is 16.0 Å². The van der Waals surface area contributed by atoms with Crippen LogP contribution in [0.4, 0.5) is 20.6 Å². The number of halogens is 1. The molecule has 27 heavy (non-hydrogen) atoms. The molecule has 10 nitrogen and oxygen atoms in total. The smallest absolute Gasteiger partial charge is 0.414 e. The van der Waals surface area contributed by atoms with E-state index in [1.54, 1.807) is 34.1 Å². The van der Waals surface area contributed by atoms with Crippen LogP contribution in [0, 0.1) is 5.82 Å². The van der Waals surface area contributed by atoms with Gasteiger partial charge in [-0.2, -0.15) is 0 Å². The highest BCUT2D eigenvalue weighted by atomic mass is 19.1. The predicted molar refractivity (Wildman–Crippen MR) is 92.2 cm³/mol. The van der Waals surface area contributed by atoms with Gasteiger partial charge in [-0.1, -0.05) is 5.21 Å². The third-order valence-electron chi connectivity index (χ3n) is 4.52. The summed E-state index contributed by atoms with van der Waals surface area (Å²) in [5.74, 6) is -0.443. The Labute approximate surface area is 154 Å². The topological polar surface area (TPSA) is 95.8 Å². The van der Waals surface area contributed by atoms with Crippen molar-refractivity contribution in [2.45, 2.75) is 12.6 Å². The first kappa shape index (κ1) is 17.2. The van der Waals surface area contributed by atoms with E-state index in [0.717, 1.165) is 0 Å². The molecule has 4 rings (SSSR count). The summed E-state index contributed by atoms with van der Waals surface area (Å²) in [7, 11) is 0. The van der Waals surface area contributed by atoms with E-state index >= 15 is 0 Å². The van der Waals surface area contributed by atoms with Gasteiger partial charge in [0.15, 0.2) is 0 Å². The first-order chi connectivity index (χ1) is 13.1. The Morgan fingerprint density at radius 1 is 1.37 bits per heavy atom. The number of hydrogen-bond donors (Lipinski definition) is 1. The molecular formula is C16H18FN7O3. The van der Waals surface area contributed by atoms with Crippen LogP contribution in [0.25, 0.3) is 0 Å². The van der Waals surface area contributed by atoms with Crippen LogP contribution >= 0.6 is 0 Å². The molecule has 0 saturated carbocycles. The van der Waals surface area contributed by atoms with Crippen LogP contribution in [0.1, 0.15) is 0 Å². The number of aromatic nitrogens is 3. The van der Waals surface area contributed by atoms with Crippen molar-refractivity contribution in [3.05, 3.63) is 36.4 Å². The van der Waals surface area contributed by atoms with Crippen LogP contribution in [-0.2, 0) is 16.1 Å². The Bertz CT molecular complexity index is 823. The second kappa shape index (κ2) is 7.19. The van der Waals surface area contributed by atoms with Crippen LogP contribution in [0.2, 0.25) is 0 Å². The molecule has 2 aliphatic rings. The quantitative estimate of drug-likeness (QED) is 0.745. The number of cyclic esters (lactones) is 1. The zero-order chi connectivity index (χ0) is 18.8. The lowest BCUT2D eigenvalue weighted by molar-refractivity contribution is -0.121. The number of benzene rings is 1. The molecule has 0 spiro atoms. The van der Waals surface area contributed by atoms with Gasteiger partial charge in [0.05, 0.1) is 43.9 Å². The highest BCUT2D eigenvalue weighted by Gasteiger charge is 2.33. The van der Waals surface area contributed by atoms with Crippen molar-refractivity contribution < 1.29 is 18.7 Å². The van der Waals surface area contributed by atoms with Crippen molar-refractivity contribution in [2.24, 2.45) is 0 Å². The molecule has 2 aliphatic heterocycles. The number of ether oxygens (including phenoxy) is 1. The van der Waals surface area contributed by atoms with Gasteiger partial charge in [-0.15, -0.1) is 5.10 Å². The Kier molecular flexibility index (Phi) is 4.59. The molecule has 1 unspecified atom stereocenters. The largest absolute Gasteiger partial charge is 0.442 e. The monoisotopic (exact) mass is 375 g/mol. The molecule has 3 heterocycles. The number of anilines is 2. The summed E-state index contributed by atoms with van der Waals surface area (Å²) in [6, 6.07) is 4.63. The van der Waals surface area contributed by atoms with Gasteiger partial charge < -0.3 is 9.64 Å². The summed E-state index contributed by atoms with van der Waals surface area (Å²) in [6.45, 7) is 1.97. The van der Waals surface area contributed by atoms with E-state index < -0.39 is 11.9 Å². The first-order valence-corrected chi connectivity index (χ1v) is 8.46. The predicted octanol–water partition coefficient (Wildman–Crippen LogP) is 0.183. The molecule has 1 aromatic carbocycles. The minimum Gasteiger partial charge on any atom is -0.442 e. The molecular weight excluding hydrogens is 357 g/mol. The molecule has 1 N–H and O–H groups in total. The average Bonchev–Trinajstić information content (AvgIpc) is 3.31. The van der Waals surface area contributed by atoms with Crippen molar-refractivity contribution in [1.29, 1.82) is 0 Å². The SMILES string of the molecule is O=CN1CCN(c2ccc(N3CC(Cn4ccnn4)OC3=O)cc2F)CN1. The fourth-order valence-corrected chi connectivity index (χ4v) is 3.14. The molecule has 2 saturated heterocycles. The number of amides is 2. The number of nitrogens with one attached hydrogen (secondary N) is 1. The van der Waals surface area contributed by atoms with E-state index in [1.807, 2.05) is 0 Å². The molecule has 2 amide bonds. The molecule has 11 heteroatoms. The van der Waals surface area contributed by atoms with Crippen LogP contribution in [0.5, 0.6) is 0 Å². The first-order valence-electron chi connectivity index (χ1n) is 8.46. The van der Waals surface area contributed by atoms with E-state index in [9.17, 15) is 14.0 Å². The Morgan fingerprint density at radius 3 is 2.93 bits per heavy atom. The van der Waals surface area contributed by atoms with Crippen LogP contribution in [0.3, 0.4) is 0 Å². The summed E-state index contributed by atoms with van der Waals surface area (Å²) in [6.07, 6.45) is 3.03. The molecule has 0 bridgehead atoms. The van der Waals surface area contributed by atoms with Gasteiger partial charge in [0.25, 0.3) is 0 Å². The van der Waals surface area contributed by atoms with E-state index in [0.29, 0.717) is 50.6 Å². The lowest BCUT2D eigenvalue weighted by Gasteiger charge is -2.35. The van der Waals surface area contributed by atoms with Crippen molar-refractivity contribution in [3.8, 4) is 0 Å². The molecule has 0 radical (unpaired) electrons. The number of nitrogens with zero attached hydrogens (tertiary/aromatic N) is 6. The minimum atomic E-state index is -0.520. The van der Waals surface area contributed by atoms with Crippen molar-refractivity contribution in [2.75, 3.05) is 36.1 Å². The van der Waals surface area contributed by atoms with Gasteiger partial charge in [0.1, 0.15) is 11.9 Å². The van der Waals surface area contributed by atoms with Gasteiger partial charge in [0, 0.05) is 12.7 Å². The normalized spacial score (nSPS) is 20.1. The fourth-order valence-electron chi connectivity index (χ4n) is 3.14. The standard InChI is InChI=1S/C16H18FN7O3/c17-14-7-12(1-2-15(14)21-5-6-23(11-25)19-10-21)24-9-13(27-16(24)26)8-22-4-3-18-20-22/h1-4,7,11,13,19H,5-6,8-10H2. The lowest BCUT2D eigenvalue weighted by atomic mass is 10.2. The number of hydrazine groups is 1. The fraction of sp³-hybridized carbons (Fsp3) is 0.375. The molecule has 2 fully saturated rings. The second-order valence-corrected chi connectivity index (χ2v) is 6.26. The van der Waals surface area contributed by atoms with Crippen molar-refractivity contribution in [1.82, 2.24) is 25.4 Å². The van der Waals surface area contributed by atoms with Gasteiger partial charge in [-0.05, 0) is 18.2 Å². The van der Waals surface area contributed by atoms with E-state index in [2.05, 4.69) is 15.7 Å². The zero-order valence-corrected chi connectivity index (χ0v) is 14.4. The molecule has 142 valence electrons. The summed E-state index contributed by atoms with van der Waals surface area (Å²) in [4.78, 5) is 26.1. The molecule has 2 aromatic rings. The number of hydrogen-bond acceptors (Lipinski definition) is 7. The van der Waals surface area contributed by atoms with Gasteiger partial charge in [-0.3, -0.25) is 14.7 Å². The molecule has 1 aromatic heterocycles. The van der Waals surface area contributed by atoms with Crippen LogP contribution < -0.4 is 15.2 Å². The Hall–Kier alpha value is -3.21. The maximum absolute atomic E-state index is 14.6. The summed E-state index contributed by atoms with van der Waals surface area (Å²) < 4.78 is 21.6. The van der Waals surface area contributed by atoms with Gasteiger partial charge in [0.2, 0.25) is 6.41 Å². The van der Waals surface area contributed by atoms with E-state index in [4.69, 9.17) is 4.74 Å². The maximum atomic E-state index is 14.6. The molecule has 1 atom stereocenters. The summed E-state index contributed by atoms with van der Waals surface area (Å²) in [5.41, 5.74) is 3.71. The second-order valence-electron chi connectivity index (χ2n) is 6.26. The molecule has 0 aliphatic carbocycles.